The predicted octanol–water partition coefficient (Wildman–Crippen LogP) is -1.88. The molecule has 2 aliphatic heterocycles. The molecule has 12 heteroatoms. The molecule has 2 aromatic carbocycles. The lowest BCUT2D eigenvalue weighted by Crippen LogP contribution is -2.67. The Balaban J connectivity index is 1.53. The molecule has 2 aromatic rings. The Hall–Kier alpha value is -2.23. The van der Waals surface area contributed by atoms with E-state index >= 15 is 0 Å². The van der Waals surface area contributed by atoms with E-state index in [4.69, 9.17) is 18.9 Å². The fraction of sp³-hybridized carbons (Fsp3) is 0.560. The molecular weight excluding hydrogens is 490 g/mol. The third kappa shape index (κ3) is 5.94. The van der Waals surface area contributed by atoms with Crippen LogP contribution in [0.4, 0.5) is 0 Å². The van der Waals surface area contributed by atoms with Crippen molar-refractivity contribution in [3.63, 3.8) is 0 Å². The van der Waals surface area contributed by atoms with Crippen LogP contribution in [0.2, 0.25) is 0 Å². The lowest BCUT2D eigenvalue weighted by molar-refractivity contribution is -0.349. The molecule has 204 valence electrons. The van der Waals surface area contributed by atoms with Gasteiger partial charge in [0.1, 0.15) is 48.8 Å². The first-order valence-electron chi connectivity index (χ1n) is 12.0. The Bertz CT molecular complexity index is 1050. The number of hydrogen-bond acceptors (Lipinski definition) is 11. The SMILES string of the molecule is CC(=O)N[C@H]1[C@H](O[C@H]2[C@@H](O)[C@@H](CO)O[C@@H](OCc3cccc4ccccc34)[C@@H]2O)O[C@H](CO)[C@@H](O)[C@@H]1O. The van der Waals surface area contributed by atoms with Crippen LogP contribution in [0.25, 0.3) is 10.8 Å². The second kappa shape index (κ2) is 12.1. The zero-order chi connectivity index (χ0) is 26.7. The zero-order valence-corrected chi connectivity index (χ0v) is 20.2. The maximum absolute atomic E-state index is 11.7. The van der Waals surface area contributed by atoms with Crippen LogP contribution in [0.15, 0.2) is 42.5 Å². The van der Waals surface area contributed by atoms with Gasteiger partial charge in [-0.15, -0.1) is 0 Å². The van der Waals surface area contributed by atoms with Gasteiger partial charge in [0.15, 0.2) is 12.6 Å². The Morgan fingerprint density at radius 3 is 2.22 bits per heavy atom. The second-order valence-electron chi connectivity index (χ2n) is 9.19. The number of aliphatic hydroxyl groups excluding tert-OH is 6. The van der Waals surface area contributed by atoms with Gasteiger partial charge in [-0.05, 0) is 16.3 Å². The summed E-state index contributed by atoms with van der Waals surface area (Å²) in [5.74, 6) is -0.562. The molecule has 2 aliphatic rings. The number of fused-ring (bicyclic) bond motifs is 1. The van der Waals surface area contributed by atoms with E-state index in [9.17, 15) is 35.4 Å². The number of benzene rings is 2. The maximum Gasteiger partial charge on any atom is 0.217 e. The molecule has 7 N–H and O–H groups in total. The van der Waals surface area contributed by atoms with E-state index in [-0.39, 0.29) is 6.61 Å². The van der Waals surface area contributed by atoms with E-state index in [1.54, 1.807) is 0 Å². The summed E-state index contributed by atoms with van der Waals surface area (Å²) in [6.07, 6.45) is -13.0. The van der Waals surface area contributed by atoms with Crippen molar-refractivity contribution in [3.8, 4) is 0 Å². The summed E-state index contributed by atoms with van der Waals surface area (Å²) in [7, 11) is 0. The highest BCUT2D eigenvalue weighted by Crippen LogP contribution is 2.30. The molecule has 0 bridgehead atoms. The average Bonchev–Trinajstić information content (AvgIpc) is 2.89. The monoisotopic (exact) mass is 523 g/mol. The average molecular weight is 524 g/mol. The van der Waals surface area contributed by atoms with Gasteiger partial charge in [-0.2, -0.15) is 0 Å². The van der Waals surface area contributed by atoms with Gasteiger partial charge in [0, 0.05) is 6.92 Å². The van der Waals surface area contributed by atoms with Crippen molar-refractivity contribution in [2.45, 2.75) is 74.9 Å². The lowest BCUT2D eigenvalue weighted by atomic mass is 9.95. The summed E-state index contributed by atoms with van der Waals surface area (Å²) in [6.45, 7) is -0.0652. The summed E-state index contributed by atoms with van der Waals surface area (Å²) in [6, 6.07) is 12.1. The van der Waals surface area contributed by atoms with Crippen molar-refractivity contribution in [1.29, 1.82) is 0 Å². The number of nitrogens with one attached hydrogen (secondary N) is 1. The highest BCUT2D eigenvalue weighted by molar-refractivity contribution is 5.85. The van der Waals surface area contributed by atoms with Gasteiger partial charge in [-0.3, -0.25) is 4.79 Å². The number of rotatable bonds is 8. The van der Waals surface area contributed by atoms with Crippen LogP contribution in [-0.2, 0) is 30.3 Å². The molecule has 2 saturated heterocycles. The molecule has 1 amide bonds. The molecule has 2 heterocycles. The number of ether oxygens (including phenoxy) is 4. The zero-order valence-electron chi connectivity index (χ0n) is 20.2. The summed E-state index contributed by atoms with van der Waals surface area (Å²) < 4.78 is 22.8. The molecule has 0 aromatic heterocycles. The second-order valence-corrected chi connectivity index (χ2v) is 9.19. The van der Waals surface area contributed by atoms with Crippen molar-refractivity contribution in [3.05, 3.63) is 48.0 Å². The normalized spacial score (nSPS) is 36.4. The predicted molar refractivity (Wildman–Crippen MR) is 127 cm³/mol. The molecular formula is C25H33NO11. The molecule has 0 saturated carbocycles. The van der Waals surface area contributed by atoms with E-state index in [1.807, 2.05) is 42.5 Å². The molecule has 10 atom stereocenters. The van der Waals surface area contributed by atoms with Gasteiger partial charge in [0.25, 0.3) is 0 Å². The van der Waals surface area contributed by atoms with Crippen LogP contribution in [0, 0.1) is 0 Å². The Morgan fingerprint density at radius 1 is 0.865 bits per heavy atom. The highest BCUT2D eigenvalue weighted by Gasteiger charge is 2.51. The number of hydrogen-bond donors (Lipinski definition) is 7. The smallest absolute Gasteiger partial charge is 0.217 e. The van der Waals surface area contributed by atoms with Gasteiger partial charge < -0.3 is 54.9 Å². The van der Waals surface area contributed by atoms with Crippen LogP contribution in [0.5, 0.6) is 0 Å². The Kier molecular flexibility index (Phi) is 9.08. The minimum atomic E-state index is -1.58. The maximum atomic E-state index is 11.7. The van der Waals surface area contributed by atoms with E-state index in [0.717, 1.165) is 16.3 Å². The Morgan fingerprint density at radius 2 is 1.51 bits per heavy atom. The number of carbonyl (C=O) groups is 1. The van der Waals surface area contributed by atoms with Gasteiger partial charge in [-0.25, -0.2) is 0 Å². The van der Waals surface area contributed by atoms with Gasteiger partial charge in [0.2, 0.25) is 5.91 Å². The first-order chi connectivity index (χ1) is 17.7. The van der Waals surface area contributed by atoms with Gasteiger partial charge in [-0.1, -0.05) is 42.5 Å². The minimum absolute atomic E-state index is 0.0377. The van der Waals surface area contributed by atoms with Crippen LogP contribution in [0.1, 0.15) is 12.5 Å². The molecule has 4 rings (SSSR count). The molecule has 0 unspecified atom stereocenters. The minimum Gasteiger partial charge on any atom is -0.394 e. The Labute approximate surface area is 213 Å². The third-order valence-electron chi connectivity index (χ3n) is 6.65. The van der Waals surface area contributed by atoms with Crippen molar-refractivity contribution in [2.24, 2.45) is 0 Å². The number of aliphatic hydroxyl groups is 6. The van der Waals surface area contributed by atoms with Crippen LogP contribution in [0.3, 0.4) is 0 Å². The largest absolute Gasteiger partial charge is 0.394 e. The standard InChI is InChI=1S/C25H33NO11/c1-12(29)26-18-21(32)19(30)16(9-27)35-24(18)37-23-20(31)17(10-28)36-25(22(23)33)34-11-14-7-4-6-13-5-2-3-8-15(13)14/h2-8,16-25,27-28,30-33H,9-11H2,1H3,(H,26,29)/t16-,17-,18-,19-,20+,21-,22-,23+,24+,25-/m1/s1. The van der Waals surface area contributed by atoms with Gasteiger partial charge in [0.05, 0.1) is 19.8 Å². The van der Waals surface area contributed by atoms with Crippen molar-refractivity contribution >= 4 is 16.7 Å². The summed E-state index contributed by atoms with van der Waals surface area (Å²) in [5, 5.41) is 66.2. The molecule has 2 fully saturated rings. The van der Waals surface area contributed by atoms with E-state index in [1.165, 1.54) is 6.92 Å². The van der Waals surface area contributed by atoms with Crippen molar-refractivity contribution in [1.82, 2.24) is 5.32 Å². The van der Waals surface area contributed by atoms with Gasteiger partial charge >= 0.3 is 0 Å². The van der Waals surface area contributed by atoms with Crippen molar-refractivity contribution in [2.75, 3.05) is 13.2 Å². The van der Waals surface area contributed by atoms with Crippen LogP contribution < -0.4 is 5.32 Å². The summed E-state index contributed by atoms with van der Waals surface area (Å²) >= 11 is 0. The van der Waals surface area contributed by atoms with E-state index < -0.39 is 80.5 Å². The molecule has 37 heavy (non-hydrogen) atoms. The summed E-state index contributed by atoms with van der Waals surface area (Å²) in [4.78, 5) is 11.7. The third-order valence-corrected chi connectivity index (χ3v) is 6.65. The number of amides is 1. The fourth-order valence-corrected chi connectivity index (χ4v) is 4.68. The topological polar surface area (TPSA) is 187 Å². The fourth-order valence-electron chi connectivity index (χ4n) is 4.68. The molecule has 0 radical (unpaired) electrons. The van der Waals surface area contributed by atoms with Crippen LogP contribution >= 0.6 is 0 Å². The van der Waals surface area contributed by atoms with Crippen LogP contribution in [-0.4, -0.2) is 111 Å². The van der Waals surface area contributed by atoms with Crippen molar-refractivity contribution < 1.29 is 54.4 Å². The molecule has 0 aliphatic carbocycles. The highest BCUT2D eigenvalue weighted by atomic mass is 16.7. The first-order valence-corrected chi connectivity index (χ1v) is 12.0. The van der Waals surface area contributed by atoms with E-state index in [2.05, 4.69) is 5.32 Å². The summed E-state index contributed by atoms with van der Waals surface area (Å²) in [5.41, 5.74) is 0.822. The lowest BCUT2D eigenvalue weighted by Gasteiger charge is -2.47. The molecule has 12 nitrogen and oxygen atoms in total. The molecule has 0 spiro atoms. The number of carbonyl (C=O) groups excluding carboxylic acids is 1. The first kappa shape index (κ1) is 27.8. The van der Waals surface area contributed by atoms with E-state index in [0.29, 0.717) is 0 Å². The quantitative estimate of drug-likeness (QED) is 0.205.